The zero-order valence-electron chi connectivity index (χ0n) is 5.73. The quantitative estimate of drug-likeness (QED) is 0.655. The Hall–Kier alpha value is 0.730. The maximum Gasteiger partial charge on any atom is 0.0705 e. The fraction of sp³-hybridized carbons (Fsp3) is 1.00. The highest BCUT2D eigenvalue weighted by Gasteiger charge is 2.13. The van der Waals surface area contributed by atoms with Crippen molar-refractivity contribution in [2.24, 2.45) is 0 Å². The van der Waals surface area contributed by atoms with Gasteiger partial charge < -0.3 is 4.74 Å². The third-order valence-corrected chi connectivity index (χ3v) is 2.87. The van der Waals surface area contributed by atoms with Gasteiger partial charge in [0, 0.05) is 13.0 Å². The monoisotopic (exact) mass is 214 g/mol. The van der Waals surface area contributed by atoms with Crippen molar-refractivity contribution in [2.75, 3.05) is 13.0 Å². The third-order valence-electron chi connectivity index (χ3n) is 1.26. The number of rotatable bonds is 4. The van der Waals surface area contributed by atoms with Crippen LogP contribution in [-0.2, 0) is 4.74 Å². The second kappa shape index (κ2) is 5.51. The molecule has 0 N–H and O–H groups in total. The zero-order valence-corrected chi connectivity index (χ0v) is 8.08. The highest BCUT2D eigenvalue weighted by molar-refractivity contribution is 9.09. The van der Waals surface area contributed by atoms with Crippen molar-refractivity contribution in [1.82, 2.24) is 0 Å². The second-order valence-corrected chi connectivity index (χ2v) is 3.34. The molecule has 0 radical (unpaired) electrons. The fourth-order valence-corrected chi connectivity index (χ4v) is 1.46. The summed E-state index contributed by atoms with van der Waals surface area (Å²) in [6.45, 7) is 2.08. The van der Waals surface area contributed by atoms with Gasteiger partial charge in [-0.05, 0) is 6.42 Å². The second-order valence-electron chi connectivity index (χ2n) is 1.85. The molecule has 0 amide bonds. The van der Waals surface area contributed by atoms with Crippen LogP contribution in [0.4, 0.5) is 0 Å². The Balaban J connectivity index is 3.50. The predicted molar refractivity (Wildman–Crippen MR) is 44.5 cm³/mol. The topological polar surface area (TPSA) is 9.23 Å². The number of hydrogen-bond acceptors (Lipinski definition) is 1. The average Bonchev–Trinajstić information content (AvgIpc) is 1.90. The van der Waals surface area contributed by atoms with Gasteiger partial charge in [0.25, 0.3) is 0 Å². The van der Waals surface area contributed by atoms with Gasteiger partial charge in [-0.2, -0.15) is 0 Å². The van der Waals surface area contributed by atoms with E-state index >= 15 is 0 Å². The van der Waals surface area contributed by atoms with Crippen LogP contribution in [0, 0.1) is 0 Å². The number of halogens is 2. The highest BCUT2D eigenvalue weighted by Crippen LogP contribution is 2.13. The van der Waals surface area contributed by atoms with Gasteiger partial charge in [-0.25, -0.2) is 0 Å². The molecule has 0 fully saturated rings. The van der Waals surface area contributed by atoms with Gasteiger partial charge in [-0.15, -0.1) is 11.6 Å². The van der Waals surface area contributed by atoms with Crippen LogP contribution in [-0.4, -0.2) is 23.9 Å². The third kappa shape index (κ3) is 3.43. The first kappa shape index (κ1) is 9.73. The summed E-state index contributed by atoms with van der Waals surface area (Å²) in [6, 6.07) is 0. The number of ether oxygens (including phenoxy) is 1. The van der Waals surface area contributed by atoms with Crippen LogP contribution in [0.25, 0.3) is 0 Å². The molecule has 2 atom stereocenters. The molecule has 0 bridgehead atoms. The molecule has 0 rings (SSSR count). The molecule has 0 aliphatic heterocycles. The molecule has 0 aliphatic rings. The van der Waals surface area contributed by atoms with E-state index < -0.39 is 0 Å². The molecule has 0 saturated carbocycles. The Morgan fingerprint density at radius 1 is 1.67 bits per heavy atom. The Kier molecular flexibility index (Phi) is 5.96. The van der Waals surface area contributed by atoms with Crippen LogP contribution >= 0.6 is 27.5 Å². The summed E-state index contributed by atoms with van der Waals surface area (Å²) >= 11 is 8.98. The molecule has 2 unspecified atom stereocenters. The van der Waals surface area contributed by atoms with Gasteiger partial charge in [0.15, 0.2) is 0 Å². The molecule has 0 aromatic rings. The van der Waals surface area contributed by atoms with Crippen LogP contribution in [0.3, 0.4) is 0 Å². The van der Waals surface area contributed by atoms with E-state index in [0.29, 0.717) is 5.88 Å². The van der Waals surface area contributed by atoms with Gasteiger partial charge in [-0.3, -0.25) is 0 Å². The largest absolute Gasteiger partial charge is 0.380 e. The van der Waals surface area contributed by atoms with E-state index in [-0.39, 0.29) is 10.9 Å². The average molecular weight is 216 g/mol. The van der Waals surface area contributed by atoms with E-state index in [1.54, 1.807) is 7.11 Å². The standard InChI is InChI=1S/C6H12BrClO/c1-3-6(9-2)5(7)4-8/h5-6H,3-4H2,1-2H3. The van der Waals surface area contributed by atoms with Crippen molar-refractivity contribution >= 4 is 27.5 Å². The summed E-state index contributed by atoms with van der Waals surface area (Å²) < 4.78 is 5.12. The van der Waals surface area contributed by atoms with Gasteiger partial charge in [0.2, 0.25) is 0 Å². The van der Waals surface area contributed by atoms with Crippen molar-refractivity contribution in [3.63, 3.8) is 0 Å². The Morgan fingerprint density at radius 2 is 2.22 bits per heavy atom. The summed E-state index contributed by atoms with van der Waals surface area (Å²) in [5, 5.41) is 0. The van der Waals surface area contributed by atoms with Crippen LogP contribution in [0.2, 0.25) is 0 Å². The SMILES string of the molecule is CCC(OC)C(Br)CCl. The van der Waals surface area contributed by atoms with Crippen LogP contribution in [0.15, 0.2) is 0 Å². The van der Waals surface area contributed by atoms with E-state index in [1.807, 2.05) is 0 Å². The van der Waals surface area contributed by atoms with E-state index in [4.69, 9.17) is 16.3 Å². The molecular weight excluding hydrogens is 203 g/mol. The van der Waals surface area contributed by atoms with Crippen LogP contribution < -0.4 is 0 Å². The molecule has 0 aromatic carbocycles. The van der Waals surface area contributed by atoms with Crippen LogP contribution in [0.5, 0.6) is 0 Å². The van der Waals surface area contributed by atoms with Gasteiger partial charge >= 0.3 is 0 Å². The molecule has 1 nitrogen and oxygen atoms in total. The summed E-state index contributed by atoms with van der Waals surface area (Å²) in [7, 11) is 1.70. The Morgan fingerprint density at radius 3 is 2.33 bits per heavy atom. The molecule has 0 aliphatic carbocycles. The lowest BCUT2D eigenvalue weighted by atomic mass is 10.2. The van der Waals surface area contributed by atoms with Gasteiger partial charge in [0.1, 0.15) is 0 Å². The predicted octanol–water partition coefficient (Wildman–Crippen LogP) is 2.41. The van der Waals surface area contributed by atoms with Crippen molar-refractivity contribution < 1.29 is 4.74 Å². The molecule has 9 heavy (non-hydrogen) atoms. The summed E-state index contributed by atoms with van der Waals surface area (Å²) in [5.41, 5.74) is 0. The smallest absolute Gasteiger partial charge is 0.0705 e. The lowest BCUT2D eigenvalue weighted by molar-refractivity contribution is 0.103. The molecule has 0 saturated heterocycles. The first-order valence-corrected chi connectivity index (χ1v) is 4.44. The molecule has 0 heterocycles. The number of alkyl halides is 2. The first-order valence-electron chi connectivity index (χ1n) is 2.99. The summed E-state index contributed by atoms with van der Waals surface area (Å²) in [6.07, 6.45) is 1.25. The zero-order chi connectivity index (χ0) is 7.28. The molecule has 0 aromatic heterocycles. The van der Waals surface area contributed by atoms with Crippen molar-refractivity contribution in [2.45, 2.75) is 24.3 Å². The summed E-state index contributed by atoms with van der Waals surface area (Å²) in [4.78, 5) is 0.286. The maximum absolute atomic E-state index is 5.58. The first-order chi connectivity index (χ1) is 4.26. The van der Waals surface area contributed by atoms with Gasteiger partial charge in [-0.1, -0.05) is 22.9 Å². The minimum Gasteiger partial charge on any atom is -0.380 e. The van der Waals surface area contributed by atoms with E-state index in [2.05, 4.69) is 22.9 Å². The molecule has 3 heteroatoms. The van der Waals surface area contributed by atoms with Crippen molar-refractivity contribution in [1.29, 1.82) is 0 Å². The van der Waals surface area contributed by atoms with Gasteiger partial charge in [0.05, 0.1) is 10.9 Å². The van der Waals surface area contributed by atoms with Crippen LogP contribution in [0.1, 0.15) is 13.3 Å². The highest BCUT2D eigenvalue weighted by atomic mass is 79.9. The molecular formula is C6H12BrClO. The molecule has 0 spiro atoms. The minimum atomic E-state index is 0.252. The molecule has 56 valence electrons. The number of methoxy groups -OCH3 is 1. The van der Waals surface area contributed by atoms with Crippen molar-refractivity contribution in [3.8, 4) is 0 Å². The summed E-state index contributed by atoms with van der Waals surface area (Å²) in [5.74, 6) is 0.604. The van der Waals surface area contributed by atoms with E-state index in [9.17, 15) is 0 Å². The van der Waals surface area contributed by atoms with E-state index in [1.165, 1.54) is 0 Å². The lowest BCUT2D eigenvalue weighted by Crippen LogP contribution is -2.23. The normalized spacial score (nSPS) is 17.3. The maximum atomic E-state index is 5.58. The number of hydrogen-bond donors (Lipinski definition) is 0. The fourth-order valence-electron chi connectivity index (χ4n) is 0.669. The van der Waals surface area contributed by atoms with E-state index in [0.717, 1.165) is 6.42 Å². The lowest BCUT2D eigenvalue weighted by Gasteiger charge is -2.16. The Labute approximate surface area is 69.8 Å². The Bertz CT molecular complexity index is 66.1. The minimum absolute atomic E-state index is 0.252. The van der Waals surface area contributed by atoms with Crippen molar-refractivity contribution in [3.05, 3.63) is 0 Å².